The minimum atomic E-state index is -1.09. The first kappa shape index (κ1) is 14.5. The van der Waals surface area contributed by atoms with E-state index in [1.54, 1.807) is 6.07 Å². The molecule has 0 atom stereocenters. The molecule has 5 heteroatoms. The fraction of sp³-hybridized carbons (Fsp3) is 0.533. The molecule has 108 valence electrons. The topological polar surface area (TPSA) is 79.3 Å². The van der Waals surface area contributed by atoms with Crippen LogP contribution in [0.3, 0.4) is 0 Å². The van der Waals surface area contributed by atoms with Crippen LogP contribution in [0.1, 0.15) is 55.4 Å². The van der Waals surface area contributed by atoms with Gasteiger partial charge in [-0.15, -0.1) is 0 Å². The van der Waals surface area contributed by atoms with E-state index in [0.717, 1.165) is 25.7 Å². The largest absolute Gasteiger partial charge is 0.477 e. The highest BCUT2D eigenvalue weighted by Gasteiger charge is 2.19. The summed E-state index contributed by atoms with van der Waals surface area (Å²) in [6.07, 6.45) is 9.08. The normalized spacial score (nSPS) is 17.0. The lowest BCUT2D eigenvalue weighted by atomic mass is 9.90. The van der Waals surface area contributed by atoms with Gasteiger partial charge in [0.05, 0.1) is 0 Å². The van der Waals surface area contributed by atoms with Crippen molar-refractivity contribution in [2.45, 2.75) is 44.9 Å². The summed E-state index contributed by atoms with van der Waals surface area (Å²) in [5, 5.41) is 11.7. The average molecular weight is 276 g/mol. The molecule has 1 aliphatic carbocycles. The van der Waals surface area contributed by atoms with Crippen molar-refractivity contribution >= 4 is 17.6 Å². The van der Waals surface area contributed by atoms with Crippen molar-refractivity contribution in [1.29, 1.82) is 0 Å². The Morgan fingerprint density at radius 1 is 1.15 bits per heavy atom. The number of amides is 1. The number of hydrogen-bond acceptors (Lipinski definition) is 3. The lowest BCUT2D eigenvalue weighted by Crippen LogP contribution is -2.23. The molecule has 0 spiro atoms. The summed E-state index contributed by atoms with van der Waals surface area (Å²) in [5.41, 5.74) is 0.449. The van der Waals surface area contributed by atoms with Crippen molar-refractivity contribution in [2.75, 3.05) is 5.32 Å². The molecule has 1 amide bonds. The first-order valence-electron chi connectivity index (χ1n) is 7.17. The Balaban J connectivity index is 1.99. The number of anilines is 1. The molecule has 1 saturated carbocycles. The average Bonchev–Trinajstić information content (AvgIpc) is 2.38. The monoisotopic (exact) mass is 276 g/mol. The standard InChI is InChI=1S/C15H20N2O3/c18-14(11-6-4-2-1-3-5-7-11)17-12-8-9-16-13(10-12)15(19)20/h8-11H,1-7H2,(H,19,20)(H,16,17,18). The zero-order valence-electron chi connectivity index (χ0n) is 11.5. The summed E-state index contributed by atoms with van der Waals surface area (Å²) in [4.78, 5) is 26.8. The van der Waals surface area contributed by atoms with Gasteiger partial charge in [-0.3, -0.25) is 4.79 Å². The van der Waals surface area contributed by atoms with Crippen LogP contribution < -0.4 is 5.32 Å². The predicted molar refractivity (Wildman–Crippen MR) is 75.6 cm³/mol. The SMILES string of the molecule is O=C(O)c1cc(NC(=O)C2CCCCCCC2)ccn1. The van der Waals surface area contributed by atoms with Gasteiger partial charge in [0.15, 0.2) is 0 Å². The molecule has 0 unspecified atom stereocenters. The molecule has 0 aliphatic heterocycles. The van der Waals surface area contributed by atoms with Gasteiger partial charge in [0.2, 0.25) is 5.91 Å². The number of carbonyl (C=O) groups excluding carboxylic acids is 1. The maximum absolute atomic E-state index is 12.2. The molecule has 1 fully saturated rings. The molecule has 1 aromatic heterocycles. The number of carbonyl (C=O) groups is 2. The second-order valence-electron chi connectivity index (χ2n) is 5.27. The Bertz CT molecular complexity index is 480. The number of aromatic nitrogens is 1. The minimum Gasteiger partial charge on any atom is -0.477 e. The highest BCUT2D eigenvalue weighted by atomic mass is 16.4. The van der Waals surface area contributed by atoms with E-state index >= 15 is 0 Å². The fourth-order valence-corrected chi connectivity index (χ4v) is 2.59. The van der Waals surface area contributed by atoms with Crippen LogP contribution in [0.2, 0.25) is 0 Å². The molecule has 1 aliphatic rings. The molecule has 2 N–H and O–H groups in total. The molecule has 1 heterocycles. The fourth-order valence-electron chi connectivity index (χ4n) is 2.59. The van der Waals surface area contributed by atoms with Gasteiger partial charge in [-0.05, 0) is 25.0 Å². The van der Waals surface area contributed by atoms with E-state index in [9.17, 15) is 9.59 Å². The maximum atomic E-state index is 12.2. The minimum absolute atomic E-state index is 0.00515. The van der Waals surface area contributed by atoms with Gasteiger partial charge < -0.3 is 10.4 Å². The maximum Gasteiger partial charge on any atom is 0.354 e. The summed E-state index contributed by atoms with van der Waals surface area (Å²) in [6.45, 7) is 0. The molecule has 0 radical (unpaired) electrons. The molecule has 5 nitrogen and oxygen atoms in total. The van der Waals surface area contributed by atoms with Crippen molar-refractivity contribution in [3.05, 3.63) is 24.0 Å². The molecule has 0 aromatic carbocycles. The third kappa shape index (κ3) is 4.05. The second kappa shape index (κ2) is 7.03. The van der Waals surface area contributed by atoms with E-state index in [4.69, 9.17) is 5.11 Å². The Morgan fingerprint density at radius 2 is 1.80 bits per heavy atom. The Morgan fingerprint density at radius 3 is 2.45 bits per heavy atom. The highest BCUT2D eigenvalue weighted by molar-refractivity contribution is 5.94. The third-order valence-corrected chi connectivity index (χ3v) is 3.72. The van der Waals surface area contributed by atoms with Crippen LogP contribution in [0.4, 0.5) is 5.69 Å². The van der Waals surface area contributed by atoms with Crippen molar-refractivity contribution in [3.8, 4) is 0 Å². The zero-order chi connectivity index (χ0) is 14.4. The van der Waals surface area contributed by atoms with Crippen LogP contribution in [0, 0.1) is 5.92 Å². The predicted octanol–water partition coefficient (Wildman–Crippen LogP) is 3.08. The quantitative estimate of drug-likeness (QED) is 0.889. The van der Waals surface area contributed by atoms with E-state index in [1.165, 1.54) is 31.5 Å². The van der Waals surface area contributed by atoms with Crippen molar-refractivity contribution < 1.29 is 14.7 Å². The summed E-state index contributed by atoms with van der Waals surface area (Å²) in [6, 6.07) is 3.01. The first-order valence-corrected chi connectivity index (χ1v) is 7.17. The molecular weight excluding hydrogens is 256 g/mol. The first-order chi connectivity index (χ1) is 9.66. The smallest absolute Gasteiger partial charge is 0.354 e. The van der Waals surface area contributed by atoms with Crippen molar-refractivity contribution in [2.24, 2.45) is 5.92 Å². The number of nitrogens with zero attached hydrogens (tertiary/aromatic N) is 1. The molecule has 0 bridgehead atoms. The summed E-state index contributed by atoms with van der Waals surface area (Å²) in [5.74, 6) is -1.06. The van der Waals surface area contributed by atoms with E-state index in [2.05, 4.69) is 10.3 Å². The Kier molecular flexibility index (Phi) is 5.09. The lowest BCUT2D eigenvalue weighted by Gasteiger charge is -2.19. The van der Waals surface area contributed by atoms with E-state index < -0.39 is 5.97 Å². The molecular formula is C15H20N2O3. The molecule has 0 saturated heterocycles. The number of carboxylic acids is 1. The van der Waals surface area contributed by atoms with Crippen molar-refractivity contribution in [3.63, 3.8) is 0 Å². The number of pyridine rings is 1. The molecule has 1 aromatic rings. The van der Waals surface area contributed by atoms with Crippen LogP contribution in [0.15, 0.2) is 18.3 Å². The van der Waals surface area contributed by atoms with Crippen LogP contribution in [-0.4, -0.2) is 22.0 Å². The van der Waals surface area contributed by atoms with Crippen LogP contribution in [0.25, 0.3) is 0 Å². The number of rotatable bonds is 3. The van der Waals surface area contributed by atoms with Gasteiger partial charge in [0, 0.05) is 17.8 Å². The number of aromatic carboxylic acids is 1. The lowest BCUT2D eigenvalue weighted by molar-refractivity contribution is -0.120. The van der Waals surface area contributed by atoms with Gasteiger partial charge >= 0.3 is 5.97 Å². The number of carboxylic acid groups (broad SMARTS) is 1. The summed E-state index contributed by atoms with van der Waals surface area (Å²) >= 11 is 0. The van der Waals surface area contributed by atoms with Crippen LogP contribution in [-0.2, 0) is 4.79 Å². The van der Waals surface area contributed by atoms with E-state index in [-0.39, 0.29) is 17.5 Å². The highest BCUT2D eigenvalue weighted by Crippen LogP contribution is 2.23. The van der Waals surface area contributed by atoms with Gasteiger partial charge in [0.25, 0.3) is 0 Å². The van der Waals surface area contributed by atoms with Gasteiger partial charge in [-0.25, -0.2) is 9.78 Å². The Labute approximate surface area is 118 Å². The van der Waals surface area contributed by atoms with Gasteiger partial charge in [-0.2, -0.15) is 0 Å². The van der Waals surface area contributed by atoms with E-state index in [0.29, 0.717) is 5.69 Å². The summed E-state index contributed by atoms with van der Waals surface area (Å²) < 4.78 is 0. The number of hydrogen-bond donors (Lipinski definition) is 2. The van der Waals surface area contributed by atoms with Gasteiger partial charge in [0.1, 0.15) is 5.69 Å². The second-order valence-corrected chi connectivity index (χ2v) is 5.27. The van der Waals surface area contributed by atoms with Gasteiger partial charge in [-0.1, -0.05) is 32.1 Å². The Hall–Kier alpha value is -1.91. The van der Waals surface area contributed by atoms with E-state index in [1.807, 2.05) is 0 Å². The molecule has 2 rings (SSSR count). The molecule has 20 heavy (non-hydrogen) atoms. The third-order valence-electron chi connectivity index (χ3n) is 3.72. The number of nitrogens with one attached hydrogen (secondary N) is 1. The zero-order valence-corrected chi connectivity index (χ0v) is 11.5. The van der Waals surface area contributed by atoms with Crippen LogP contribution >= 0.6 is 0 Å². The summed E-state index contributed by atoms with van der Waals surface area (Å²) in [7, 11) is 0. The van der Waals surface area contributed by atoms with Crippen molar-refractivity contribution in [1.82, 2.24) is 4.98 Å². The van der Waals surface area contributed by atoms with Crippen LogP contribution in [0.5, 0.6) is 0 Å².